The largest absolute Gasteiger partial charge is 0.417 e. The number of amides is 2. The van der Waals surface area contributed by atoms with Crippen molar-refractivity contribution in [1.29, 1.82) is 5.26 Å². The summed E-state index contributed by atoms with van der Waals surface area (Å²) in [5.74, 6) is 0.130. The van der Waals surface area contributed by atoms with E-state index in [9.17, 15) is 22.8 Å². The monoisotopic (exact) mass is 488 g/mol. The number of alkyl halides is 3. The minimum atomic E-state index is -4.62. The highest BCUT2D eigenvalue weighted by Gasteiger charge is 2.49. The number of piperidine rings is 1. The fourth-order valence-corrected chi connectivity index (χ4v) is 5.71. The number of benzene rings is 1. The molecule has 0 spiro atoms. The lowest BCUT2D eigenvalue weighted by atomic mass is 9.78. The number of nitrogens with one attached hydrogen (secondary N) is 1. The van der Waals surface area contributed by atoms with Crippen LogP contribution in [-0.4, -0.2) is 48.9 Å². The van der Waals surface area contributed by atoms with Crippen molar-refractivity contribution in [3.63, 3.8) is 0 Å². The summed E-state index contributed by atoms with van der Waals surface area (Å²) in [6.07, 6.45) is 0.797. The topological polar surface area (TPSA) is 76.4 Å². The van der Waals surface area contributed by atoms with Crippen LogP contribution >= 0.6 is 0 Å². The summed E-state index contributed by atoms with van der Waals surface area (Å²) < 4.78 is 40.6. The number of rotatable bonds is 5. The molecule has 0 aromatic heterocycles. The molecule has 0 bridgehead atoms. The second-order valence-corrected chi connectivity index (χ2v) is 11.0. The number of hydrogen-bond donors (Lipinski definition) is 1. The molecule has 1 aromatic carbocycles. The van der Waals surface area contributed by atoms with Gasteiger partial charge in [-0.1, -0.05) is 6.92 Å². The van der Waals surface area contributed by atoms with Gasteiger partial charge in [0.25, 0.3) is 0 Å². The number of hydrogen-bond acceptors (Lipinski definition) is 4. The van der Waals surface area contributed by atoms with E-state index < -0.39 is 17.3 Å². The molecular formula is C26H31F3N4O2. The molecule has 2 heterocycles. The van der Waals surface area contributed by atoms with Gasteiger partial charge < -0.3 is 15.1 Å². The van der Waals surface area contributed by atoms with Gasteiger partial charge in [-0.3, -0.25) is 9.59 Å². The van der Waals surface area contributed by atoms with Crippen LogP contribution in [0, 0.1) is 34.5 Å². The number of halogens is 3. The fraction of sp³-hybridized carbons (Fsp3) is 0.654. The van der Waals surface area contributed by atoms with Gasteiger partial charge in [-0.05, 0) is 68.6 Å². The first-order valence-corrected chi connectivity index (χ1v) is 12.5. The third kappa shape index (κ3) is 4.85. The Balaban J connectivity index is 1.34. The average Bonchev–Trinajstić information content (AvgIpc) is 3.76. The molecule has 4 fully saturated rings. The van der Waals surface area contributed by atoms with Gasteiger partial charge >= 0.3 is 6.18 Å². The third-order valence-electron chi connectivity index (χ3n) is 8.37. The van der Waals surface area contributed by atoms with Crippen molar-refractivity contribution in [1.82, 2.24) is 10.2 Å². The van der Waals surface area contributed by atoms with Gasteiger partial charge in [0, 0.05) is 43.3 Å². The van der Waals surface area contributed by atoms with Crippen molar-refractivity contribution < 1.29 is 22.8 Å². The van der Waals surface area contributed by atoms with Crippen LogP contribution in [0.1, 0.15) is 56.6 Å². The molecule has 1 N–H and O–H groups in total. The summed E-state index contributed by atoms with van der Waals surface area (Å²) in [5.41, 5.74) is -1.16. The van der Waals surface area contributed by atoms with Gasteiger partial charge in [0.2, 0.25) is 11.8 Å². The number of nitriles is 1. The van der Waals surface area contributed by atoms with E-state index in [4.69, 9.17) is 5.26 Å². The van der Waals surface area contributed by atoms with E-state index in [2.05, 4.69) is 5.32 Å². The Hall–Kier alpha value is -2.76. The van der Waals surface area contributed by atoms with Crippen LogP contribution < -0.4 is 10.2 Å². The quantitative estimate of drug-likeness (QED) is 0.681. The van der Waals surface area contributed by atoms with E-state index in [1.54, 1.807) is 12.1 Å². The summed E-state index contributed by atoms with van der Waals surface area (Å²) in [6.45, 7) is 4.19. The van der Waals surface area contributed by atoms with Crippen molar-refractivity contribution >= 4 is 17.5 Å². The summed E-state index contributed by atoms with van der Waals surface area (Å²) in [5, 5.41) is 12.2. The van der Waals surface area contributed by atoms with Crippen LogP contribution in [0.2, 0.25) is 0 Å². The molecule has 5 rings (SSSR count). The van der Waals surface area contributed by atoms with Gasteiger partial charge in [-0.25, -0.2) is 0 Å². The number of anilines is 1. The highest BCUT2D eigenvalue weighted by molar-refractivity contribution is 5.85. The van der Waals surface area contributed by atoms with Crippen LogP contribution in [0.5, 0.6) is 0 Å². The molecule has 188 valence electrons. The van der Waals surface area contributed by atoms with Crippen molar-refractivity contribution in [3.05, 3.63) is 29.3 Å². The predicted molar refractivity (Wildman–Crippen MR) is 123 cm³/mol. The Morgan fingerprint density at radius 3 is 2.37 bits per heavy atom. The van der Waals surface area contributed by atoms with Crippen molar-refractivity contribution in [2.45, 2.75) is 57.7 Å². The molecule has 9 heteroatoms. The molecule has 2 atom stereocenters. The first-order chi connectivity index (χ1) is 16.6. The summed E-state index contributed by atoms with van der Waals surface area (Å²) >= 11 is 0. The maximum absolute atomic E-state index is 13.5. The van der Waals surface area contributed by atoms with Crippen molar-refractivity contribution in [3.8, 4) is 6.07 Å². The summed E-state index contributed by atoms with van der Waals surface area (Å²) in [6, 6.07) is 5.64. The van der Waals surface area contributed by atoms with Crippen LogP contribution in [0.25, 0.3) is 0 Å². The minimum Gasteiger partial charge on any atom is -0.370 e. The van der Waals surface area contributed by atoms with Crippen LogP contribution in [0.15, 0.2) is 18.2 Å². The van der Waals surface area contributed by atoms with Gasteiger partial charge in [0.05, 0.1) is 23.1 Å². The highest BCUT2D eigenvalue weighted by atomic mass is 19.4. The van der Waals surface area contributed by atoms with E-state index in [0.717, 1.165) is 44.6 Å². The zero-order valence-electron chi connectivity index (χ0n) is 19.9. The van der Waals surface area contributed by atoms with E-state index in [-0.39, 0.29) is 41.0 Å². The lowest BCUT2D eigenvalue weighted by Crippen LogP contribution is -2.45. The molecule has 2 aliphatic heterocycles. The molecule has 2 aliphatic carbocycles. The number of nitrogens with zero attached hydrogens (tertiary/aromatic N) is 3. The minimum absolute atomic E-state index is 0.00694. The Morgan fingerprint density at radius 1 is 1.11 bits per heavy atom. The molecule has 2 saturated heterocycles. The lowest BCUT2D eigenvalue weighted by molar-refractivity contribution is -0.138. The fourth-order valence-electron chi connectivity index (χ4n) is 5.71. The Kier molecular flexibility index (Phi) is 5.97. The molecule has 35 heavy (non-hydrogen) atoms. The van der Waals surface area contributed by atoms with Gasteiger partial charge in [-0.15, -0.1) is 0 Å². The molecule has 0 radical (unpaired) electrons. The van der Waals surface area contributed by atoms with Crippen molar-refractivity contribution in [2.24, 2.45) is 23.2 Å². The second kappa shape index (κ2) is 8.72. The van der Waals surface area contributed by atoms with Crippen LogP contribution in [-0.2, 0) is 15.8 Å². The van der Waals surface area contributed by atoms with Crippen molar-refractivity contribution in [2.75, 3.05) is 31.1 Å². The van der Waals surface area contributed by atoms with E-state index >= 15 is 0 Å². The molecule has 4 aliphatic rings. The molecular weight excluding hydrogens is 457 g/mol. The zero-order chi connectivity index (χ0) is 25.0. The van der Waals surface area contributed by atoms with Gasteiger partial charge in [-0.2, -0.15) is 18.4 Å². The zero-order valence-corrected chi connectivity index (χ0v) is 19.9. The maximum atomic E-state index is 13.5. The first kappa shape index (κ1) is 24.0. The van der Waals surface area contributed by atoms with Gasteiger partial charge in [0.1, 0.15) is 0 Å². The molecule has 1 aromatic rings. The molecule has 0 unspecified atom stereocenters. The van der Waals surface area contributed by atoms with E-state index in [0.29, 0.717) is 31.9 Å². The smallest absolute Gasteiger partial charge is 0.370 e. The standard InChI is InChI=1S/C26H31F3N4O2/c1-25(8-9-25)24(35)32-10-6-16(7-11-32)20-14-33(15-21(20)23(34)31-18-3-4-18)19-5-2-17(13-30)22(12-19)26(27,28)29/h2,5,12,16,18,20-21H,3-4,6-11,14-15H2,1H3,(H,31,34)/t20-,21+/m0/s1. The summed E-state index contributed by atoms with van der Waals surface area (Å²) in [4.78, 5) is 29.7. The van der Waals surface area contributed by atoms with E-state index in [1.165, 1.54) is 6.07 Å². The normalized spacial score (nSPS) is 26.4. The lowest BCUT2D eigenvalue weighted by Gasteiger charge is -2.37. The number of carbonyl (C=O) groups is 2. The first-order valence-electron chi connectivity index (χ1n) is 12.5. The average molecular weight is 489 g/mol. The highest BCUT2D eigenvalue weighted by Crippen LogP contribution is 2.47. The van der Waals surface area contributed by atoms with E-state index in [1.807, 2.05) is 16.7 Å². The molecule has 2 amide bonds. The van der Waals surface area contributed by atoms with Crippen LogP contribution in [0.3, 0.4) is 0 Å². The predicted octanol–water partition coefficient (Wildman–Crippen LogP) is 3.95. The summed E-state index contributed by atoms with van der Waals surface area (Å²) in [7, 11) is 0. The third-order valence-corrected chi connectivity index (χ3v) is 8.37. The maximum Gasteiger partial charge on any atom is 0.417 e. The van der Waals surface area contributed by atoms with Gasteiger partial charge in [0.15, 0.2) is 0 Å². The Labute approximate surface area is 203 Å². The Bertz CT molecular complexity index is 1050. The second-order valence-electron chi connectivity index (χ2n) is 11.0. The Morgan fingerprint density at radius 2 is 1.80 bits per heavy atom. The SMILES string of the molecule is CC1(C(=O)N2CCC([C@@H]3CN(c4ccc(C#N)c(C(F)(F)F)c4)C[C@H]3C(=O)NC3CC3)CC2)CC1. The number of likely N-dealkylation sites (tertiary alicyclic amines) is 1. The van der Waals surface area contributed by atoms with Crippen LogP contribution in [0.4, 0.5) is 18.9 Å². The molecule has 2 saturated carbocycles. The number of carbonyl (C=O) groups excluding carboxylic acids is 2. The molecule has 6 nitrogen and oxygen atoms in total.